The number of pyridine rings is 1. The van der Waals surface area contributed by atoms with Gasteiger partial charge in [-0.05, 0) is 37.5 Å². The topological polar surface area (TPSA) is 71.5 Å². The Labute approximate surface area is 153 Å². The molecule has 1 saturated heterocycles. The molecule has 1 aromatic carbocycles. The van der Waals surface area contributed by atoms with E-state index in [9.17, 15) is 9.59 Å². The highest BCUT2D eigenvalue weighted by molar-refractivity contribution is 5.96. The Morgan fingerprint density at radius 1 is 1.15 bits per heavy atom. The maximum absolute atomic E-state index is 12.4. The number of hydrogen-bond donors (Lipinski definition) is 1. The lowest BCUT2D eigenvalue weighted by molar-refractivity contribution is -0.124. The highest BCUT2D eigenvalue weighted by Crippen LogP contribution is 2.22. The maximum Gasteiger partial charge on any atom is 0.342 e. The Balaban J connectivity index is 1.56. The molecule has 3 rings (SSSR count). The smallest absolute Gasteiger partial charge is 0.342 e. The molecular weight excluding hydrogens is 330 g/mol. The predicted molar refractivity (Wildman–Crippen MR) is 99.0 cm³/mol. The Kier molecular flexibility index (Phi) is 5.84. The minimum atomic E-state index is -0.525. The molecule has 1 atom stereocenters. The molecule has 0 saturated carbocycles. The van der Waals surface area contributed by atoms with Crippen molar-refractivity contribution in [2.75, 3.05) is 24.6 Å². The fraction of sp³-hybridized carbons (Fsp3) is 0.350. The lowest BCUT2D eigenvalue weighted by atomic mass is 10.1. The van der Waals surface area contributed by atoms with Crippen LogP contribution in [0.3, 0.4) is 0 Å². The van der Waals surface area contributed by atoms with Crippen molar-refractivity contribution in [1.29, 1.82) is 0 Å². The molecule has 1 fully saturated rings. The summed E-state index contributed by atoms with van der Waals surface area (Å²) in [6.45, 7) is 3.34. The first-order valence-corrected chi connectivity index (χ1v) is 8.86. The molecule has 0 radical (unpaired) electrons. The summed E-state index contributed by atoms with van der Waals surface area (Å²) in [6.07, 6.45) is 3.84. The zero-order chi connectivity index (χ0) is 18.4. The number of aromatic nitrogens is 1. The van der Waals surface area contributed by atoms with Crippen LogP contribution >= 0.6 is 0 Å². The van der Waals surface area contributed by atoms with Crippen LogP contribution in [0.4, 0.5) is 5.82 Å². The van der Waals surface area contributed by atoms with E-state index in [2.05, 4.69) is 15.2 Å². The SMILES string of the molecule is C[C@@H](NC(=O)COC(=O)c1cccnc1N1CCCC1)c1ccccc1. The third-order valence-corrected chi connectivity index (χ3v) is 4.42. The van der Waals surface area contributed by atoms with Crippen LogP contribution in [0.1, 0.15) is 41.7 Å². The molecule has 26 heavy (non-hydrogen) atoms. The zero-order valence-electron chi connectivity index (χ0n) is 14.9. The Bertz CT molecular complexity index is 758. The van der Waals surface area contributed by atoms with Crippen LogP contribution in [-0.2, 0) is 9.53 Å². The summed E-state index contributed by atoms with van der Waals surface area (Å²) < 4.78 is 5.21. The van der Waals surface area contributed by atoms with Gasteiger partial charge in [-0.25, -0.2) is 9.78 Å². The van der Waals surface area contributed by atoms with Gasteiger partial charge >= 0.3 is 5.97 Å². The summed E-state index contributed by atoms with van der Waals surface area (Å²) in [5.74, 6) is -0.225. The number of anilines is 1. The van der Waals surface area contributed by atoms with Gasteiger partial charge in [-0.3, -0.25) is 4.79 Å². The number of ether oxygens (including phenoxy) is 1. The van der Waals surface area contributed by atoms with Crippen molar-refractivity contribution in [2.45, 2.75) is 25.8 Å². The van der Waals surface area contributed by atoms with E-state index in [1.807, 2.05) is 37.3 Å². The number of amides is 1. The van der Waals surface area contributed by atoms with E-state index < -0.39 is 5.97 Å². The van der Waals surface area contributed by atoms with Crippen LogP contribution in [-0.4, -0.2) is 36.6 Å². The number of esters is 1. The molecule has 136 valence electrons. The second kappa shape index (κ2) is 8.47. The number of rotatable bonds is 6. The van der Waals surface area contributed by atoms with Crippen molar-refractivity contribution in [3.8, 4) is 0 Å². The van der Waals surface area contributed by atoms with Crippen molar-refractivity contribution in [3.05, 3.63) is 59.8 Å². The summed E-state index contributed by atoms with van der Waals surface area (Å²) in [6, 6.07) is 12.9. The lowest BCUT2D eigenvalue weighted by Gasteiger charge is -2.19. The average Bonchev–Trinajstić information content (AvgIpc) is 3.21. The standard InChI is InChI=1S/C20H23N3O3/c1-15(16-8-3-2-4-9-16)22-18(24)14-26-20(25)17-10-7-11-21-19(17)23-12-5-6-13-23/h2-4,7-11,15H,5-6,12-14H2,1H3,(H,22,24)/t15-/m1/s1. The van der Waals surface area contributed by atoms with Crippen molar-refractivity contribution < 1.29 is 14.3 Å². The Morgan fingerprint density at radius 3 is 2.62 bits per heavy atom. The quantitative estimate of drug-likeness (QED) is 0.809. The molecule has 2 heterocycles. The van der Waals surface area contributed by atoms with Gasteiger partial charge in [0.15, 0.2) is 6.61 Å². The normalized spacial score (nSPS) is 14.7. The molecule has 1 N–H and O–H groups in total. The van der Waals surface area contributed by atoms with Crippen LogP contribution < -0.4 is 10.2 Å². The van der Waals surface area contributed by atoms with E-state index in [-0.39, 0.29) is 18.6 Å². The van der Waals surface area contributed by atoms with E-state index in [0.717, 1.165) is 31.5 Å². The number of benzene rings is 1. The predicted octanol–water partition coefficient (Wildman–Crippen LogP) is 2.72. The van der Waals surface area contributed by atoms with Gasteiger partial charge in [-0.1, -0.05) is 30.3 Å². The summed E-state index contributed by atoms with van der Waals surface area (Å²) in [5, 5.41) is 2.83. The average molecular weight is 353 g/mol. The van der Waals surface area contributed by atoms with Crippen LogP contribution in [0.25, 0.3) is 0 Å². The summed E-state index contributed by atoms with van der Waals surface area (Å²) in [4.78, 5) is 30.9. The molecule has 1 amide bonds. The monoisotopic (exact) mass is 353 g/mol. The first-order chi connectivity index (χ1) is 12.6. The highest BCUT2D eigenvalue weighted by Gasteiger charge is 2.22. The van der Waals surface area contributed by atoms with Crippen LogP contribution in [0.5, 0.6) is 0 Å². The van der Waals surface area contributed by atoms with E-state index in [1.54, 1.807) is 18.3 Å². The molecule has 0 unspecified atom stereocenters. The second-order valence-electron chi connectivity index (χ2n) is 6.34. The molecule has 6 heteroatoms. The van der Waals surface area contributed by atoms with Crippen LogP contribution in [0, 0.1) is 0 Å². The minimum Gasteiger partial charge on any atom is -0.452 e. The maximum atomic E-state index is 12.4. The first kappa shape index (κ1) is 17.9. The Hall–Kier alpha value is -2.89. The van der Waals surface area contributed by atoms with E-state index >= 15 is 0 Å². The van der Waals surface area contributed by atoms with Crippen molar-refractivity contribution >= 4 is 17.7 Å². The third-order valence-electron chi connectivity index (χ3n) is 4.42. The number of nitrogens with zero attached hydrogens (tertiary/aromatic N) is 2. The summed E-state index contributed by atoms with van der Waals surface area (Å²) >= 11 is 0. The van der Waals surface area contributed by atoms with Crippen LogP contribution in [0.2, 0.25) is 0 Å². The van der Waals surface area contributed by atoms with Crippen molar-refractivity contribution in [3.63, 3.8) is 0 Å². The zero-order valence-corrected chi connectivity index (χ0v) is 14.9. The van der Waals surface area contributed by atoms with E-state index in [1.165, 1.54) is 0 Å². The number of nitrogens with one attached hydrogen (secondary N) is 1. The molecule has 6 nitrogen and oxygen atoms in total. The fourth-order valence-electron chi connectivity index (χ4n) is 3.05. The van der Waals surface area contributed by atoms with E-state index in [4.69, 9.17) is 4.74 Å². The van der Waals surface area contributed by atoms with Gasteiger partial charge in [0.2, 0.25) is 0 Å². The largest absolute Gasteiger partial charge is 0.452 e. The highest BCUT2D eigenvalue weighted by atomic mass is 16.5. The van der Waals surface area contributed by atoms with Crippen molar-refractivity contribution in [2.24, 2.45) is 0 Å². The minimum absolute atomic E-state index is 0.152. The van der Waals surface area contributed by atoms with Gasteiger partial charge < -0.3 is 15.0 Å². The number of carbonyl (C=O) groups excluding carboxylic acids is 2. The van der Waals surface area contributed by atoms with Gasteiger partial charge in [0, 0.05) is 19.3 Å². The molecule has 0 aliphatic carbocycles. The molecule has 1 aliphatic rings. The lowest BCUT2D eigenvalue weighted by Crippen LogP contribution is -2.31. The molecule has 0 spiro atoms. The van der Waals surface area contributed by atoms with Gasteiger partial charge in [0.05, 0.1) is 6.04 Å². The number of hydrogen-bond acceptors (Lipinski definition) is 5. The molecule has 1 aliphatic heterocycles. The number of carbonyl (C=O) groups is 2. The van der Waals surface area contributed by atoms with Crippen molar-refractivity contribution in [1.82, 2.24) is 10.3 Å². The van der Waals surface area contributed by atoms with Crippen LogP contribution in [0.15, 0.2) is 48.7 Å². The molecule has 0 bridgehead atoms. The Morgan fingerprint density at radius 2 is 1.88 bits per heavy atom. The molecule has 2 aromatic rings. The van der Waals surface area contributed by atoms with E-state index in [0.29, 0.717) is 11.4 Å². The third kappa shape index (κ3) is 4.39. The van der Waals surface area contributed by atoms with Gasteiger partial charge in [0.1, 0.15) is 11.4 Å². The molecule has 1 aromatic heterocycles. The van der Waals surface area contributed by atoms with Gasteiger partial charge in [-0.2, -0.15) is 0 Å². The second-order valence-corrected chi connectivity index (χ2v) is 6.34. The summed E-state index contributed by atoms with van der Waals surface area (Å²) in [7, 11) is 0. The fourth-order valence-corrected chi connectivity index (χ4v) is 3.05. The van der Waals surface area contributed by atoms with Gasteiger partial charge in [-0.15, -0.1) is 0 Å². The summed E-state index contributed by atoms with van der Waals surface area (Å²) in [5.41, 5.74) is 1.40. The van der Waals surface area contributed by atoms with Gasteiger partial charge in [0.25, 0.3) is 5.91 Å². The molecular formula is C20H23N3O3. The first-order valence-electron chi connectivity index (χ1n) is 8.86.